The van der Waals surface area contributed by atoms with Gasteiger partial charge in [0.15, 0.2) is 0 Å². The molecule has 0 amide bonds. The lowest BCUT2D eigenvalue weighted by Crippen LogP contribution is -2.39. The van der Waals surface area contributed by atoms with Crippen molar-refractivity contribution in [3.63, 3.8) is 0 Å². The van der Waals surface area contributed by atoms with Gasteiger partial charge in [-0.05, 0) is 6.92 Å². The highest BCUT2D eigenvalue weighted by molar-refractivity contribution is 4.63. The predicted octanol–water partition coefficient (Wildman–Crippen LogP) is -0.138. The minimum Gasteiger partial charge on any atom is -0.383 e. The number of methoxy groups -OCH3 is 3. The fraction of sp³-hybridized carbons (Fsp3) is 1.00. The highest BCUT2D eigenvalue weighted by Crippen LogP contribution is 1.87. The predicted molar refractivity (Wildman–Crippen MR) is 64.9 cm³/mol. The number of rotatable bonds is 11. The molecule has 0 radical (unpaired) electrons. The van der Waals surface area contributed by atoms with Crippen molar-refractivity contribution < 1.29 is 14.2 Å². The van der Waals surface area contributed by atoms with Crippen LogP contribution < -0.4 is 10.6 Å². The summed E-state index contributed by atoms with van der Waals surface area (Å²) in [5.74, 6) is 0. The lowest BCUT2D eigenvalue weighted by molar-refractivity contribution is 0.0291. The van der Waals surface area contributed by atoms with Crippen LogP contribution in [0.25, 0.3) is 0 Å². The summed E-state index contributed by atoms with van der Waals surface area (Å²) >= 11 is 0. The van der Waals surface area contributed by atoms with Crippen LogP contribution in [0.1, 0.15) is 6.92 Å². The van der Waals surface area contributed by atoms with E-state index in [1.165, 1.54) is 0 Å². The molecule has 5 heteroatoms. The first-order chi connectivity index (χ1) is 7.74. The van der Waals surface area contributed by atoms with Crippen molar-refractivity contribution in [3.8, 4) is 0 Å². The molecule has 0 aromatic heterocycles. The smallest absolute Gasteiger partial charge is 0.0928 e. The SMILES string of the molecule is COCC(C)NCCNCC(COC)OC. The third-order valence-electron chi connectivity index (χ3n) is 2.27. The average Bonchev–Trinajstić information content (AvgIpc) is 2.27. The van der Waals surface area contributed by atoms with Crippen molar-refractivity contribution in [2.24, 2.45) is 0 Å². The third-order valence-corrected chi connectivity index (χ3v) is 2.27. The Morgan fingerprint density at radius 2 is 1.69 bits per heavy atom. The fourth-order valence-electron chi connectivity index (χ4n) is 1.38. The number of nitrogens with one attached hydrogen (secondary N) is 2. The monoisotopic (exact) mass is 234 g/mol. The molecule has 98 valence electrons. The molecule has 0 aromatic rings. The van der Waals surface area contributed by atoms with Crippen LogP contribution in [0.3, 0.4) is 0 Å². The molecule has 0 saturated carbocycles. The van der Waals surface area contributed by atoms with E-state index in [0.717, 1.165) is 26.2 Å². The van der Waals surface area contributed by atoms with E-state index < -0.39 is 0 Å². The molecule has 0 rings (SSSR count). The third kappa shape index (κ3) is 9.06. The lowest BCUT2D eigenvalue weighted by atomic mass is 10.3. The van der Waals surface area contributed by atoms with Crippen LogP contribution >= 0.6 is 0 Å². The molecular formula is C11H26N2O3. The number of hydrogen-bond acceptors (Lipinski definition) is 5. The summed E-state index contributed by atoms with van der Waals surface area (Å²) in [4.78, 5) is 0. The van der Waals surface area contributed by atoms with E-state index in [2.05, 4.69) is 17.6 Å². The molecule has 0 aromatic carbocycles. The van der Waals surface area contributed by atoms with Crippen LogP contribution in [0.5, 0.6) is 0 Å². The van der Waals surface area contributed by atoms with Gasteiger partial charge in [-0.1, -0.05) is 0 Å². The highest BCUT2D eigenvalue weighted by Gasteiger charge is 2.05. The van der Waals surface area contributed by atoms with Gasteiger partial charge in [-0.25, -0.2) is 0 Å². The minimum absolute atomic E-state index is 0.126. The minimum atomic E-state index is 0.126. The Balaban J connectivity index is 3.31. The van der Waals surface area contributed by atoms with E-state index in [4.69, 9.17) is 14.2 Å². The first-order valence-corrected chi connectivity index (χ1v) is 5.69. The summed E-state index contributed by atoms with van der Waals surface area (Å²) in [5.41, 5.74) is 0. The zero-order chi connectivity index (χ0) is 12.2. The van der Waals surface area contributed by atoms with Gasteiger partial charge in [0.2, 0.25) is 0 Å². The van der Waals surface area contributed by atoms with E-state index in [1.54, 1.807) is 21.3 Å². The van der Waals surface area contributed by atoms with Gasteiger partial charge in [0.05, 0.1) is 19.3 Å². The maximum atomic E-state index is 5.23. The molecule has 0 saturated heterocycles. The molecule has 5 nitrogen and oxygen atoms in total. The average molecular weight is 234 g/mol. The molecule has 2 unspecified atom stereocenters. The van der Waals surface area contributed by atoms with E-state index >= 15 is 0 Å². The summed E-state index contributed by atoms with van der Waals surface area (Å²) in [7, 11) is 5.09. The first-order valence-electron chi connectivity index (χ1n) is 5.69. The van der Waals surface area contributed by atoms with E-state index in [1.807, 2.05) is 0 Å². The Hall–Kier alpha value is -0.200. The first kappa shape index (κ1) is 15.8. The lowest BCUT2D eigenvalue weighted by Gasteiger charge is -2.16. The second-order valence-electron chi connectivity index (χ2n) is 3.83. The quantitative estimate of drug-likeness (QED) is 0.487. The Kier molecular flexibility index (Phi) is 11.1. The van der Waals surface area contributed by atoms with Crippen molar-refractivity contribution in [3.05, 3.63) is 0 Å². The van der Waals surface area contributed by atoms with E-state index in [-0.39, 0.29) is 6.10 Å². The number of ether oxygens (including phenoxy) is 3. The van der Waals surface area contributed by atoms with Crippen molar-refractivity contribution >= 4 is 0 Å². The van der Waals surface area contributed by atoms with Crippen LogP contribution in [-0.4, -0.2) is 66.3 Å². The highest BCUT2D eigenvalue weighted by atomic mass is 16.5. The van der Waals surface area contributed by atoms with E-state index in [0.29, 0.717) is 12.6 Å². The van der Waals surface area contributed by atoms with E-state index in [9.17, 15) is 0 Å². The van der Waals surface area contributed by atoms with Gasteiger partial charge in [0.1, 0.15) is 0 Å². The normalized spacial score (nSPS) is 15.0. The Morgan fingerprint density at radius 1 is 1.00 bits per heavy atom. The maximum absolute atomic E-state index is 5.23. The van der Waals surface area contributed by atoms with Crippen molar-refractivity contribution in [1.29, 1.82) is 0 Å². The van der Waals surface area contributed by atoms with Crippen LogP contribution in [0.15, 0.2) is 0 Å². The fourth-order valence-corrected chi connectivity index (χ4v) is 1.38. The molecule has 0 heterocycles. The summed E-state index contributed by atoms with van der Waals surface area (Å²) in [6.07, 6.45) is 0.126. The summed E-state index contributed by atoms with van der Waals surface area (Å²) in [5, 5.41) is 6.66. The Labute approximate surface area is 98.8 Å². The molecule has 0 aliphatic rings. The second kappa shape index (κ2) is 11.3. The molecule has 2 N–H and O–H groups in total. The van der Waals surface area contributed by atoms with Gasteiger partial charge in [0, 0.05) is 47.0 Å². The Bertz CT molecular complexity index is 147. The molecule has 16 heavy (non-hydrogen) atoms. The largest absolute Gasteiger partial charge is 0.383 e. The summed E-state index contributed by atoms with van der Waals surface area (Å²) in [6, 6.07) is 0.393. The molecule has 0 bridgehead atoms. The molecule has 0 spiro atoms. The van der Waals surface area contributed by atoms with Gasteiger partial charge in [0.25, 0.3) is 0 Å². The summed E-state index contributed by atoms with van der Waals surface area (Å²) < 4.78 is 15.3. The topological polar surface area (TPSA) is 51.8 Å². The van der Waals surface area contributed by atoms with Crippen LogP contribution in [-0.2, 0) is 14.2 Å². The maximum Gasteiger partial charge on any atom is 0.0928 e. The van der Waals surface area contributed by atoms with Crippen LogP contribution in [0, 0.1) is 0 Å². The number of hydrogen-bond donors (Lipinski definition) is 2. The van der Waals surface area contributed by atoms with Crippen molar-refractivity contribution in [2.45, 2.75) is 19.1 Å². The zero-order valence-corrected chi connectivity index (χ0v) is 10.9. The van der Waals surface area contributed by atoms with Crippen molar-refractivity contribution in [1.82, 2.24) is 10.6 Å². The van der Waals surface area contributed by atoms with Gasteiger partial charge >= 0.3 is 0 Å². The molecule has 0 aliphatic heterocycles. The molecule has 0 aliphatic carbocycles. The van der Waals surface area contributed by atoms with Gasteiger partial charge < -0.3 is 24.8 Å². The second-order valence-corrected chi connectivity index (χ2v) is 3.83. The van der Waals surface area contributed by atoms with Gasteiger partial charge in [-0.15, -0.1) is 0 Å². The van der Waals surface area contributed by atoms with Crippen molar-refractivity contribution in [2.75, 3.05) is 54.2 Å². The molecular weight excluding hydrogens is 208 g/mol. The van der Waals surface area contributed by atoms with Crippen LogP contribution in [0.2, 0.25) is 0 Å². The molecule has 2 atom stereocenters. The van der Waals surface area contributed by atoms with Gasteiger partial charge in [-0.3, -0.25) is 0 Å². The zero-order valence-electron chi connectivity index (χ0n) is 10.9. The van der Waals surface area contributed by atoms with Crippen LogP contribution in [0.4, 0.5) is 0 Å². The Morgan fingerprint density at radius 3 is 2.25 bits per heavy atom. The summed E-state index contributed by atoms with van der Waals surface area (Å²) in [6.45, 7) is 6.12. The molecule has 0 fully saturated rings. The van der Waals surface area contributed by atoms with Gasteiger partial charge in [-0.2, -0.15) is 0 Å². The standard InChI is InChI=1S/C11H26N2O3/c1-10(8-14-2)13-6-5-12-7-11(16-4)9-15-3/h10-13H,5-9H2,1-4H3.